The molecule has 1 amide bonds. The van der Waals surface area contributed by atoms with E-state index in [2.05, 4.69) is 15.5 Å². The molecular formula is C19H26N4O2. The van der Waals surface area contributed by atoms with Crippen LogP contribution in [0, 0.1) is 6.92 Å². The number of aromatic amines is 1. The minimum atomic E-state index is 0.0792. The summed E-state index contributed by atoms with van der Waals surface area (Å²) in [6.07, 6.45) is 2.01. The van der Waals surface area contributed by atoms with Crippen molar-refractivity contribution in [3.05, 3.63) is 52.8 Å². The van der Waals surface area contributed by atoms with Crippen molar-refractivity contribution in [1.29, 1.82) is 0 Å². The van der Waals surface area contributed by atoms with E-state index >= 15 is 0 Å². The number of benzene rings is 1. The van der Waals surface area contributed by atoms with Gasteiger partial charge in [0.25, 0.3) is 5.91 Å². The molecule has 2 N–H and O–H groups in total. The van der Waals surface area contributed by atoms with Crippen molar-refractivity contribution in [2.45, 2.75) is 46.1 Å². The summed E-state index contributed by atoms with van der Waals surface area (Å²) in [5.41, 5.74) is 4.14. The largest absolute Gasteiger partial charge is 0.372 e. The molecule has 0 bridgehead atoms. The van der Waals surface area contributed by atoms with E-state index in [9.17, 15) is 4.79 Å². The van der Waals surface area contributed by atoms with Crippen LogP contribution in [0.4, 0.5) is 0 Å². The van der Waals surface area contributed by atoms with E-state index in [1.165, 1.54) is 5.56 Å². The number of H-pyrrole nitrogens is 1. The van der Waals surface area contributed by atoms with Crippen LogP contribution in [0.3, 0.4) is 0 Å². The zero-order valence-corrected chi connectivity index (χ0v) is 15.1. The third-order valence-corrected chi connectivity index (χ3v) is 4.49. The number of amides is 1. The Morgan fingerprint density at radius 2 is 1.92 bits per heavy atom. The number of hydrogen-bond acceptors (Lipinski definition) is 4. The zero-order valence-electron chi connectivity index (χ0n) is 15.1. The van der Waals surface area contributed by atoms with Crippen molar-refractivity contribution in [2.24, 2.45) is 0 Å². The molecule has 134 valence electrons. The SMILES string of the molecule is Cc1[nH]ncc1CNCc1ccc(C(=O)N2C[C@@H](C)O[C@H](C)C2)cc1. The minimum absolute atomic E-state index is 0.0792. The molecule has 1 aromatic heterocycles. The van der Waals surface area contributed by atoms with Crippen molar-refractivity contribution in [2.75, 3.05) is 13.1 Å². The van der Waals surface area contributed by atoms with Crippen molar-refractivity contribution in [3.8, 4) is 0 Å². The van der Waals surface area contributed by atoms with Crippen molar-refractivity contribution >= 4 is 5.91 Å². The topological polar surface area (TPSA) is 70.2 Å². The molecule has 1 saturated heterocycles. The molecule has 1 fully saturated rings. The fourth-order valence-electron chi connectivity index (χ4n) is 3.19. The molecule has 2 aromatic rings. The van der Waals surface area contributed by atoms with Crippen LogP contribution in [-0.2, 0) is 17.8 Å². The highest BCUT2D eigenvalue weighted by molar-refractivity contribution is 5.94. The Bertz CT molecular complexity index is 700. The van der Waals surface area contributed by atoms with Crippen LogP contribution in [-0.4, -0.2) is 46.3 Å². The minimum Gasteiger partial charge on any atom is -0.372 e. The van der Waals surface area contributed by atoms with Gasteiger partial charge in [0.05, 0.1) is 18.4 Å². The lowest BCUT2D eigenvalue weighted by Crippen LogP contribution is -2.48. The summed E-state index contributed by atoms with van der Waals surface area (Å²) in [6.45, 7) is 8.85. The molecule has 2 atom stereocenters. The molecule has 1 aliphatic rings. The highest BCUT2D eigenvalue weighted by atomic mass is 16.5. The number of ether oxygens (including phenoxy) is 1. The van der Waals surface area contributed by atoms with Gasteiger partial charge in [-0.25, -0.2) is 0 Å². The van der Waals surface area contributed by atoms with Gasteiger partial charge >= 0.3 is 0 Å². The first-order valence-corrected chi connectivity index (χ1v) is 8.76. The highest BCUT2D eigenvalue weighted by Crippen LogP contribution is 2.15. The van der Waals surface area contributed by atoms with E-state index in [4.69, 9.17) is 4.74 Å². The molecule has 2 heterocycles. The number of aryl methyl sites for hydroxylation is 1. The van der Waals surface area contributed by atoms with Gasteiger partial charge in [-0.05, 0) is 38.5 Å². The fourth-order valence-corrected chi connectivity index (χ4v) is 3.19. The lowest BCUT2D eigenvalue weighted by atomic mass is 10.1. The van der Waals surface area contributed by atoms with E-state index < -0.39 is 0 Å². The van der Waals surface area contributed by atoms with Crippen LogP contribution >= 0.6 is 0 Å². The van der Waals surface area contributed by atoms with Crippen molar-refractivity contribution in [1.82, 2.24) is 20.4 Å². The van der Waals surface area contributed by atoms with Gasteiger partial charge in [0.1, 0.15) is 0 Å². The quantitative estimate of drug-likeness (QED) is 0.874. The van der Waals surface area contributed by atoms with Crippen LogP contribution in [0.5, 0.6) is 0 Å². The Morgan fingerprint density at radius 3 is 2.52 bits per heavy atom. The summed E-state index contributed by atoms with van der Waals surface area (Å²) in [5, 5.41) is 10.3. The smallest absolute Gasteiger partial charge is 0.254 e. The average Bonchev–Trinajstić information content (AvgIpc) is 2.99. The van der Waals surface area contributed by atoms with Crippen molar-refractivity contribution in [3.63, 3.8) is 0 Å². The van der Waals surface area contributed by atoms with E-state index in [1.54, 1.807) is 0 Å². The zero-order chi connectivity index (χ0) is 17.8. The maximum Gasteiger partial charge on any atom is 0.254 e. The maximum absolute atomic E-state index is 12.7. The third kappa shape index (κ3) is 4.46. The second-order valence-corrected chi connectivity index (χ2v) is 6.79. The van der Waals surface area contributed by atoms with E-state index in [1.807, 2.05) is 56.1 Å². The summed E-state index contributed by atoms with van der Waals surface area (Å²) in [6, 6.07) is 7.84. The van der Waals surface area contributed by atoms with Crippen LogP contribution in [0.15, 0.2) is 30.5 Å². The average molecular weight is 342 g/mol. The predicted octanol–water partition coefficient (Wildman–Crippen LogP) is 2.26. The van der Waals surface area contributed by atoms with Crippen LogP contribution < -0.4 is 5.32 Å². The lowest BCUT2D eigenvalue weighted by Gasteiger charge is -2.35. The summed E-state index contributed by atoms with van der Waals surface area (Å²) in [5.74, 6) is 0.0792. The summed E-state index contributed by atoms with van der Waals surface area (Å²) < 4.78 is 5.70. The molecule has 1 aliphatic heterocycles. The first-order valence-electron chi connectivity index (χ1n) is 8.76. The molecule has 0 saturated carbocycles. The molecule has 6 nitrogen and oxygen atoms in total. The van der Waals surface area contributed by atoms with Gasteiger partial charge in [0, 0.05) is 43.0 Å². The van der Waals surface area contributed by atoms with Gasteiger partial charge in [0.2, 0.25) is 0 Å². The van der Waals surface area contributed by atoms with Gasteiger partial charge < -0.3 is 15.0 Å². The lowest BCUT2D eigenvalue weighted by molar-refractivity contribution is -0.0586. The Hall–Kier alpha value is -2.18. The molecule has 0 aliphatic carbocycles. The number of carbonyl (C=O) groups excluding carboxylic acids is 1. The van der Waals surface area contributed by atoms with E-state index in [0.29, 0.717) is 13.1 Å². The number of nitrogens with one attached hydrogen (secondary N) is 2. The maximum atomic E-state index is 12.7. The number of rotatable bonds is 5. The number of morpholine rings is 1. The number of nitrogens with zero attached hydrogens (tertiary/aromatic N) is 2. The van der Waals surface area contributed by atoms with Crippen molar-refractivity contribution < 1.29 is 9.53 Å². The summed E-state index contributed by atoms with van der Waals surface area (Å²) in [7, 11) is 0. The number of hydrogen-bond donors (Lipinski definition) is 2. The second-order valence-electron chi connectivity index (χ2n) is 6.79. The van der Waals surface area contributed by atoms with Crippen LogP contribution in [0.2, 0.25) is 0 Å². The standard InChI is InChI=1S/C19H26N4O2/c1-13-11-23(12-14(2)25-13)19(24)17-6-4-16(5-7-17)8-20-9-18-10-21-22-15(18)3/h4-7,10,13-14,20H,8-9,11-12H2,1-3H3,(H,21,22)/t13-,14-/m1/s1. The molecule has 3 rings (SSSR count). The van der Waals surface area contributed by atoms with Gasteiger partial charge in [0.15, 0.2) is 0 Å². The summed E-state index contributed by atoms with van der Waals surface area (Å²) in [4.78, 5) is 14.5. The predicted molar refractivity (Wildman–Crippen MR) is 96.2 cm³/mol. The Balaban J connectivity index is 1.54. The molecule has 0 unspecified atom stereocenters. The van der Waals surface area contributed by atoms with Crippen LogP contribution in [0.25, 0.3) is 0 Å². The molecular weight excluding hydrogens is 316 g/mol. The van der Waals surface area contributed by atoms with E-state index in [0.717, 1.165) is 29.9 Å². The molecule has 1 aromatic carbocycles. The van der Waals surface area contributed by atoms with Gasteiger partial charge in [-0.2, -0.15) is 5.10 Å². The second kappa shape index (κ2) is 7.80. The fraction of sp³-hybridized carbons (Fsp3) is 0.474. The Morgan fingerprint density at radius 1 is 1.24 bits per heavy atom. The van der Waals surface area contributed by atoms with Gasteiger partial charge in [-0.15, -0.1) is 0 Å². The molecule has 0 radical (unpaired) electrons. The first-order chi connectivity index (χ1) is 12.0. The Labute approximate surface area is 148 Å². The van der Waals surface area contributed by atoms with Crippen LogP contribution in [0.1, 0.15) is 41.0 Å². The molecule has 0 spiro atoms. The molecule has 25 heavy (non-hydrogen) atoms. The number of carbonyl (C=O) groups is 1. The normalized spacial score (nSPS) is 20.7. The monoisotopic (exact) mass is 342 g/mol. The van der Waals surface area contributed by atoms with E-state index in [-0.39, 0.29) is 18.1 Å². The summed E-state index contributed by atoms with van der Waals surface area (Å²) >= 11 is 0. The van der Waals surface area contributed by atoms with Gasteiger partial charge in [-0.3, -0.25) is 9.89 Å². The molecule has 6 heteroatoms. The Kier molecular flexibility index (Phi) is 5.50. The first kappa shape index (κ1) is 17.6. The van der Waals surface area contributed by atoms with Gasteiger partial charge in [-0.1, -0.05) is 12.1 Å². The highest BCUT2D eigenvalue weighted by Gasteiger charge is 2.26. The third-order valence-electron chi connectivity index (χ3n) is 4.49. The number of aromatic nitrogens is 2.